The van der Waals surface area contributed by atoms with Gasteiger partial charge in [-0.3, -0.25) is 4.79 Å². The van der Waals surface area contributed by atoms with Gasteiger partial charge in [-0.1, -0.05) is 6.07 Å². The molecule has 0 atom stereocenters. The number of benzene rings is 1. The van der Waals surface area contributed by atoms with Crippen LogP contribution in [0.1, 0.15) is 32.1 Å². The van der Waals surface area contributed by atoms with E-state index < -0.39 is 11.8 Å². The van der Waals surface area contributed by atoms with Crippen LogP contribution >= 0.6 is 0 Å². The Morgan fingerprint density at radius 2 is 2.12 bits per heavy atom. The third-order valence-corrected chi connectivity index (χ3v) is 4.08. The minimum atomic E-state index is -0.894. The summed E-state index contributed by atoms with van der Waals surface area (Å²) in [5.41, 5.74) is 1.27. The maximum Gasteiger partial charge on any atom is 0.303 e. The highest BCUT2D eigenvalue weighted by molar-refractivity contribution is 5.66. The van der Waals surface area contributed by atoms with Crippen LogP contribution in [0.15, 0.2) is 36.4 Å². The molecule has 0 aliphatic heterocycles. The van der Waals surface area contributed by atoms with Crippen molar-refractivity contribution >= 4 is 5.97 Å². The molecule has 0 spiro atoms. The second-order valence-electron chi connectivity index (χ2n) is 6.02. The van der Waals surface area contributed by atoms with E-state index in [1.165, 1.54) is 18.6 Å². The molecule has 0 radical (unpaired) electrons. The lowest BCUT2D eigenvalue weighted by atomic mass is 9.96. The van der Waals surface area contributed by atoms with E-state index in [-0.39, 0.29) is 24.9 Å². The van der Waals surface area contributed by atoms with Crippen LogP contribution in [-0.2, 0) is 4.79 Å². The van der Waals surface area contributed by atoms with E-state index in [0.717, 1.165) is 12.8 Å². The predicted molar refractivity (Wildman–Crippen MR) is 90.3 cm³/mol. The fraction of sp³-hybridized carbons (Fsp3) is 0.368. The van der Waals surface area contributed by atoms with Crippen molar-refractivity contribution in [3.05, 3.63) is 42.2 Å². The molecule has 0 unspecified atom stereocenters. The molecule has 1 N–H and O–H groups in total. The molecule has 6 heteroatoms. The van der Waals surface area contributed by atoms with Gasteiger partial charge >= 0.3 is 5.97 Å². The lowest BCUT2D eigenvalue weighted by Crippen LogP contribution is -2.24. The van der Waals surface area contributed by atoms with Crippen molar-refractivity contribution in [2.24, 2.45) is 0 Å². The summed E-state index contributed by atoms with van der Waals surface area (Å²) in [5, 5.41) is 8.58. The van der Waals surface area contributed by atoms with Crippen molar-refractivity contribution in [2.45, 2.75) is 38.2 Å². The summed E-state index contributed by atoms with van der Waals surface area (Å²) < 4.78 is 25.3. The molecule has 1 aromatic carbocycles. The van der Waals surface area contributed by atoms with E-state index in [9.17, 15) is 9.18 Å². The summed E-state index contributed by atoms with van der Waals surface area (Å²) in [5.74, 6) is -0.734. The minimum absolute atomic E-state index is 0.00257. The molecule has 1 fully saturated rings. The Balaban J connectivity index is 1.65. The van der Waals surface area contributed by atoms with Crippen molar-refractivity contribution in [3.8, 4) is 22.9 Å². The average molecular weight is 345 g/mol. The molecule has 0 bridgehead atoms. The van der Waals surface area contributed by atoms with Crippen molar-refractivity contribution in [1.82, 2.24) is 4.98 Å². The highest BCUT2D eigenvalue weighted by Gasteiger charge is 2.19. The van der Waals surface area contributed by atoms with Crippen LogP contribution in [0.5, 0.6) is 11.6 Å². The molecule has 1 saturated carbocycles. The minimum Gasteiger partial charge on any atom is -0.491 e. The molecular formula is C19H20FNO4. The van der Waals surface area contributed by atoms with Crippen LogP contribution in [-0.4, -0.2) is 28.8 Å². The number of nitrogens with zero attached hydrogens (tertiary/aromatic N) is 1. The summed E-state index contributed by atoms with van der Waals surface area (Å²) in [7, 11) is 0. The number of aliphatic carboxylic acids is 1. The van der Waals surface area contributed by atoms with Gasteiger partial charge in [0, 0.05) is 18.1 Å². The first kappa shape index (κ1) is 17.2. The largest absolute Gasteiger partial charge is 0.491 e. The molecule has 0 amide bonds. The zero-order valence-corrected chi connectivity index (χ0v) is 13.8. The van der Waals surface area contributed by atoms with Crippen LogP contribution in [0.4, 0.5) is 4.39 Å². The Bertz CT molecular complexity index is 746. The predicted octanol–water partition coefficient (Wildman–Crippen LogP) is 4.06. The van der Waals surface area contributed by atoms with Gasteiger partial charge in [0.15, 0.2) is 11.6 Å². The van der Waals surface area contributed by atoms with Gasteiger partial charge in [0.25, 0.3) is 0 Å². The van der Waals surface area contributed by atoms with Gasteiger partial charge in [0.2, 0.25) is 5.88 Å². The monoisotopic (exact) mass is 345 g/mol. The Morgan fingerprint density at radius 3 is 2.80 bits per heavy atom. The summed E-state index contributed by atoms with van der Waals surface area (Å²) in [6.45, 7) is 0.158. The van der Waals surface area contributed by atoms with Crippen molar-refractivity contribution in [3.63, 3.8) is 0 Å². The maximum absolute atomic E-state index is 14.2. The van der Waals surface area contributed by atoms with E-state index >= 15 is 0 Å². The first-order chi connectivity index (χ1) is 12.1. The van der Waals surface area contributed by atoms with Crippen LogP contribution in [0.2, 0.25) is 0 Å². The molecular weight excluding hydrogens is 325 g/mol. The van der Waals surface area contributed by atoms with Crippen LogP contribution in [0.25, 0.3) is 11.3 Å². The first-order valence-electron chi connectivity index (χ1n) is 8.40. The summed E-state index contributed by atoms with van der Waals surface area (Å²) in [4.78, 5) is 14.9. The number of carboxylic acid groups (broad SMARTS) is 1. The molecule has 2 aromatic rings. The zero-order valence-electron chi connectivity index (χ0n) is 13.8. The Hall–Kier alpha value is -2.63. The highest BCUT2D eigenvalue weighted by atomic mass is 19.1. The Morgan fingerprint density at radius 1 is 1.28 bits per heavy atom. The number of ether oxygens (including phenoxy) is 2. The Kier molecular flexibility index (Phi) is 5.48. The molecule has 0 saturated heterocycles. The smallest absolute Gasteiger partial charge is 0.303 e. The number of halogens is 1. The van der Waals surface area contributed by atoms with Crippen molar-refractivity contribution in [2.75, 3.05) is 6.61 Å². The van der Waals surface area contributed by atoms with Gasteiger partial charge < -0.3 is 14.6 Å². The van der Waals surface area contributed by atoms with Crippen LogP contribution in [0, 0.1) is 5.82 Å². The van der Waals surface area contributed by atoms with E-state index in [1.807, 2.05) is 6.07 Å². The van der Waals surface area contributed by atoms with Gasteiger partial charge in [-0.2, -0.15) is 0 Å². The highest BCUT2D eigenvalue weighted by Crippen LogP contribution is 2.28. The van der Waals surface area contributed by atoms with Crippen molar-refractivity contribution in [1.29, 1.82) is 0 Å². The number of carboxylic acids is 1. The van der Waals surface area contributed by atoms with Crippen LogP contribution in [0.3, 0.4) is 0 Å². The Labute approximate surface area is 145 Å². The van der Waals surface area contributed by atoms with E-state index in [0.29, 0.717) is 23.6 Å². The fourth-order valence-corrected chi connectivity index (χ4v) is 2.48. The van der Waals surface area contributed by atoms with Gasteiger partial charge in [-0.25, -0.2) is 9.37 Å². The van der Waals surface area contributed by atoms with Crippen molar-refractivity contribution < 1.29 is 23.8 Å². The topological polar surface area (TPSA) is 68.7 Å². The van der Waals surface area contributed by atoms with Gasteiger partial charge in [-0.05, 0) is 49.9 Å². The molecule has 1 aliphatic rings. The molecule has 5 nitrogen and oxygen atoms in total. The number of carbonyl (C=O) groups is 1. The maximum atomic E-state index is 14.2. The van der Waals surface area contributed by atoms with Crippen LogP contribution < -0.4 is 9.47 Å². The SMILES string of the molecule is O=C(O)CCCOc1ccc(-c2cccc(OC3CCC3)n2)cc1F. The van der Waals surface area contributed by atoms with Gasteiger partial charge in [0.05, 0.1) is 12.3 Å². The lowest BCUT2D eigenvalue weighted by Gasteiger charge is -2.25. The lowest BCUT2D eigenvalue weighted by molar-refractivity contribution is -0.137. The second kappa shape index (κ2) is 7.96. The summed E-state index contributed by atoms with van der Waals surface area (Å²) in [6, 6.07) is 10.1. The summed E-state index contributed by atoms with van der Waals surface area (Å²) >= 11 is 0. The molecule has 132 valence electrons. The number of hydrogen-bond donors (Lipinski definition) is 1. The van der Waals surface area contributed by atoms with E-state index in [2.05, 4.69) is 4.98 Å². The van der Waals surface area contributed by atoms with Gasteiger partial charge in [0.1, 0.15) is 6.10 Å². The quantitative estimate of drug-likeness (QED) is 0.731. The third kappa shape index (κ3) is 4.68. The number of pyridine rings is 1. The number of aromatic nitrogens is 1. The normalized spacial score (nSPS) is 14.0. The third-order valence-electron chi connectivity index (χ3n) is 4.08. The van der Waals surface area contributed by atoms with E-state index in [4.69, 9.17) is 14.6 Å². The molecule has 25 heavy (non-hydrogen) atoms. The zero-order chi connectivity index (χ0) is 17.6. The summed E-state index contributed by atoms with van der Waals surface area (Å²) in [6.07, 6.45) is 3.85. The number of rotatable bonds is 8. The molecule has 1 aliphatic carbocycles. The molecule has 1 heterocycles. The standard InChI is InChI=1S/C19H20FNO4/c20-15-12-13(9-10-17(15)24-11-3-8-19(22)23)16-6-2-7-18(21-16)25-14-4-1-5-14/h2,6-7,9-10,12,14H,1,3-5,8,11H2,(H,22,23). The molecule has 1 aromatic heterocycles. The second-order valence-corrected chi connectivity index (χ2v) is 6.02. The van der Waals surface area contributed by atoms with E-state index in [1.54, 1.807) is 18.2 Å². The first-order valence-corrected chi connectivity index (χ1v) is 8.40. The van der Waals surface area contributed by atoms with Gasteiger partial charge in [-0.15, -0.1) is 0 Å². The molecule has 3 rings (SSSR count). The fourth-order valence-electron chi connectivity index (χ4n) is 2.48. The average Bonchev–Trinajstić information content (AvgIpc) is 2.56. The number of hydrogen-bond acceptors (Lipinski definition) is 4.